The fourth-order valence-electron chi connectivity index (χ4n) is 2.48. The van der Waals surface area contributed by atoms with Crippen molar-refractivity contribution in [3.63, 3.8) is 0 Å². The summed E-state index contributed by atoms with van der Waals surface area (Å²) in [6.45, 7) is 7.33. The maximum Gasteiger partial charge on any atom is 0.246 e. The maximum atomic E-state index is 5.89. The van der Waals surface area contributed by atoms with Crippen molar-refractivity contribution in [2.45, 2.75) is 32.6 Å². The van der Waals surface area contributed by atoms with Gasteiger partial charge in [-0.05, 0) is 13.0 Å². The summed E-state index contributed by atoms with van der Waals surface area (Å²) in [7, 11) is 0. The molecular formula is C13H19N5O2. The van der Waals surface area contributed by atoms with E-state index in [1.807, 2.05) is 16.9 Å². The minimum Gasteiger partial charge on any atom is -0.423 e. The molecule has 0 aromatic carbocycles. The van der Waals surface area contributed by atoms with Gasteiger partial charge in [-0.15, -0.1) is 10.2 Å². The molecule has 0 aliphatic carbocycles. The van der Waals surface area contributed by atoms with E-state index >= 15 is 0 Å². The number of hydrogen-bond donors (Lipinski definition) is 0. The molecule has 0 radical (unpaired) electrons. The standard InChI is InChI=1S/C13H19N5O2/c1-10-8-17(6-7-18-5-3-4-14-18)9-12(19-10)13-16-15-11(2)20-13/h3-5,10,12H,6-9H2,1-2H3/t10-,12-/m1/s1. The third-order valence-electron chi connectivity index (χ3n) is 3.36. The minimum absolute atomic E-state index is 0.141. The molecule has 0 amide bonds. The molecule has 7 heteroatoms. The van der Waals surface area contributed by atoms with E-state index in [0.717, 1.165) is 26.2 Å². The normalized spacial score (nSPS) is 24.1. The Morgan fingerprint density at radius 1 is 1.30 bits per heavy atom. The van der Waals surface area contributed by atoms with Gasteiger partial charge in [0, 0.05) is 39.0 Å². The summed E-state index contributed by atoms with van der Waals surface area (Å²) >= 11 is 0. The summed E-state index contributed by atoms with van der Waals surface area (Å²) in [6, 6.07) is 1.94. The van der Waals surface area contributed by atoms with Gasteiger partial charge < -0.3 is 9.15 Å². The molecule has 1 fully saturated rings. The predicted octanol–water partition coefficient (Wildman–Crippen LogP) is 1.04. The van der Waals surface area contributed by atoms with Crippen molar-refractivity contribution in [3.8, 4) is 0 Å². The van der Waals surface area contributed by atoms with Crippen LogP contribution in [0.2, 0.25) is 0 Å². The highest BCUT2D eigenvalue weighted by Crippen LogP contribution is 2.24. The summed E-state index contributed by atoms with van der Waals surface area (Å²) in [6.07, 6.45) is 3.78. The molecule has 1 aliphatic heterocycles. The van der Waals surface area contributed by atoms with Crippen LogP contribution in [0.5, 0.6) is 0 Å². The molecule has 0 N–H and O–H groups in total. The van der Waals surface area contributed by atoms with Crippen LogP contribution in [-0.2, 0) is 11.3 Å². The largest absolute Gasteiger partial charge is 0.423 e. The monoisotopic (exact) mass is 277 g/mol. The Bertz CT molecular complexity index is 539. The zero-order chi connectivity index (χ0) is 13.9. The van der Waals surface area contributed by atoms with Crippen LogP contribution >= 0.6 is 0 Å². The lowest BCUT2D eigenvalue weighted by Crippen LogP contribution is -2.44. The molecule has 2 atom stereocenters. The number of ether oxygens (including phenoxy) is 1. The third-order valence-corrected chi connectivity index (χ3v) is 3.36. The smallest absolute Gasteiger partial charge is 0.246 e. The van der Waals surface area contributed by atoms with E-state index < -0.39 is 0 Å². The molecule has 3 heterocycles. The second-order valence-electron chi connectivity index (χ2n) is 5.12. The fourth-order valence-corrected chi connectivity index (χ4v) is 2.48. The molecule has 3 rings (SSSR count). The first kappa shape index (κ1) is 13.3. The van der Waals surface area contributed by atoms with Crippen molar-refractivity contribution in [3.05, 3.63) is 30.2 Å². The lowest BCUT2D eigenvalue weighted by atomic mass is 10.2. The van der Waals surface area contributed by atoms with Crippen LogP contribution in [0.25, 0.3) is 0 Å². The Balaban J connectivity index is 1.61. The topological polar surface area (TPSA) is 69.2 Å². The summed E-state index contributed by atoms with van der Waals surface area (Å²) in [5.74, 6) is 1.14. The molecule has 0 saturated carbocycles. The van der Waals surface area contributed by atoms with E-state index in [2.05, 4.69) is 27.1 Å². The molecule has 20 heavy (non-hydrogen) atoms. The van der Waals surface area contributed by atoms with Gasteiger partial charge in [-0.3, -0.25) is 9.58 Å². The fraction of sp³-hybridized carbons (Fsp3) is 0.615. The number of morpholine rings is 1. The Labute approximate surface area is 117 Å². The van der Waals surface area contributed by atoms with E-state index in [1.54, 1.807) is 13.1 Å². The van der Waals surface area contributed by atoms with Crippen molar-refractivity contribution in [2.24, 2.45) is 0 Å². The molecule has 0 bridgehead atoms. The Morgan fingerprint density at radius 3 is 2.90 bits per heavy atom. The lowest BCUT2D eigenvalue weighted by molar-refractivity contribution is -0.0900. The van der Waals surface area contributed by atoms with Gasteiger partial charge >= 0.3 is 0 Å². The van der Waals surface area contributed by atoms with E-state index in [4.69, 9.17) is 9.15 Å². The third kappa shape index (κ3) is 3.05. The molecule has 0 unspecified atom stereocenters. The van der Waals surface area contributed by atoms with Crippen molar-refractivity contribution >= 4 is 0 Å². The highest BCUT2D eigenvalue weighted by atomic mass is 16.5. The minimum atomic E-state index is -0.141. The van der Waals surface area contributed by atoms with Gasteiger partial charge in [-0.2, -0.15) is 5.10 Å². The summed E-state index contributed by atoms with van der Waals surface area (Å²) in [4.78, 5) is 2.35. The maximum absolute atomic E-state index is 5.89. The van der Waals surface area contributed by atoms with Gasteiger partial charge in [-0.25, -0.2) is 0 Å². The second kappa shape index (κ2) is 5.72. The van der Waals surface area contributed by atoms with Crippen molar-refractivity contribution < 1.29 is 9.15 Å². The molecule has 1 saturated heterocycles. The number of rotatable bonds is 4. The van der Waals surface area contributed by atoms with Gasteiger partial charge in [0.25, 0.3) is 0 Å². The molecule has 7 nitrogen and oxygen atoms in total. The Hall–Kier alpha value is -1.73. The van der Waals surface area contributed by atoms with Gasteiger partial charge in [-0.1, -0.05) is 0 Å². The zero-order valence-corrected chi connectivity index (χ0v) is 11.8. The van der Waals surface area contributed by atoms with Crippen LogP contribution in [0.1, 0.15) is 24.8 Å². The first-order valence-electron chi connectivity index (χ1n) is 6.86. The SMILES string of the molecule is Cc1nnc([C@H]2CN(CCn3cccn3)C[C@@H](C)O2)o1. The number of nitrogens with zero attached hydrogens (tertiary/aromatic N) is 5. The van der Waals surface area contributed by atoms with Crippen LogP contribution in [0.3, 0.4) is 0 Å². The number of aromatic nitrogens is 4. The zero-order valence-electron chi connectivity index (χ0n) is 11.8. The van der Waals surface area contributed by atoms with Crippen LogP contribution in [0.4, 0.5) is 0 Å². The lowest BCUT2D eigenvalue weighted by Gasteiger charge is -2.35. The highest BCUT2D eigenvalue weighted by molar-refractivity contribution is 4.90. The average Bonchev–Trinajstić information content (AvgIpc) is 3.07. The molecule has 108 valence electrons. The van der Waals surface area contributed by atoms with Gasteiger partial charge in [0.05, 0.1) is 12.6 Å². The van der Waals surface area contributed by atoms with E-state index in [1.165, 1.54) is 0 Å². The Morgan fingerprint density at radius 2 is 2.20 bits per heavy atom. The van der Waals surface area contributed by atoms with Crippen molar-refractivity contribution in [2.75, 3.05) is 19.6 Å². The van der Waals surface area contributed by atoms with E-state index in [0.29, 0.717) is 11.8 Å². The highest BCUT2D eigenvalue weighted by Gasteiger charge is 2.29. The second-order valence-corrected chi connectivity index (χ2v) is 5.12. The van der Waals surface area contributed by atoms with Gasteiger partial charge in [0.1, 0.15) is 6.10 Å². The summed E-state index contributed by atoms with van der Waals surface area (Å²) < 4.78 is 13.3. The Kier molecular flexibility index (Phi) is 3.79. The molecule has 2 aromatic heterocycles. The van der Waals surface area contributed by atoms with Crippen LogP contribution in [-0.4, -0.2) is 50.6 Å². The summed E-state index contributed by atoms with van der Waals surface area (Å²) in [5, 5.41) is 12.1. The average molecular weight is 277 g/mol. The first-order valence-corrected chi connectivity index (χ1v) is 6.86. The van der Waals surface area contributed by atoms with Crippen molar-refractivity contribution in [1.29, 1.82) is 0 Å². The van der Waals surface area contributed by atoms with Gasteiger partial charge in [0.2, 0.25) is 11.8 Å². The van der Waals surface area contributed by atoms with Crippen LogP contribution < -0.4 is 0 Å². The van der Waals surface area contributed by atoms with Crippen LogP contribution in [0, 0.1) is 6.92 Å². The van der Waals surface area contributed by atoms with Crippen molar-refractivity contribution in [1.82, 2.24) is 24.9 Å². The van der Waals surface area contributed by atoms with Crippen LogP contribution in [0.15, 0.2) is 22.9 Å². The molecular weight excluding hydrogens is 258 g/mol. The van der Waals surface area contributed by atoms with E-state index in [9.17, 15) is 0 Å². The molecule has 0 spiro atoms. The molecule has 2 aromatic rings. The molecule has 1 aliphatic rings. The predicted molar refractivity (Wildman–Crippen MR) is 71.0 cm³/mol. The first-order chi connectivity index (χ1) is 9.70. The number of aryl methyl sites for hydroxylation is 1. The van der Waals surface area contributed by atoms with E-state index in [-0.39, 0.29) is 12.2 Å². The quantitative estimate of drug-likeness (QED) is 0.831. The number of hydrogen-bond acceptors (Lipinski definition) is 6. The summed E-state index contributed by atoms with van der Waals surface area (Å²) in [5.41, 5.74) is 0. The van der Waals surface area contributed by atoms with Gasteiger partial charge in [0.15, 0.2) is 0 Å².